The quantitative estimate of drug-likeness (QED) is 0.602. The smallest absolute Gasteiger partial charge is 0.407 e. The van der Waals surface area contributed by atoms with Gasteiger partial charge in [-0.25, -0.2) is 4.79 Å². The van der Waals surface area contributed by atoms with Crippen LogP contribution in [0.3, 0.4) is 0 Å². The van der Waals surface area contributed by atoms with Crippen LogP contribution in [0.2, 0.25) is 0 Å². The molecular formula is C18H25N3O6. The molecule has 1 rings (SSSR count). The highest BCUT2D eigenvalue weighted by Gasteiger charge is 2.21. The van der Waals surface area contributed by atoms with Crippen LogP contribution >= 0.6 is 0 Å². The number of hydrogen-bond donors (Lipinski definition) is 2. The topological polar surface area (TPSA) is 114 Å². The number of amides is 3. The molecule has 0 aliphatic heterocycles. The molecular weight excluding hydrogens is 354 g/mol. The first-order valence-corrected chi connectivity index (χ1v) is 8.41. The molecule has 0 spiro atoms. The predicted octanol–water partition coefficient (Wildman–Crippen LogP) is 0.439. The largest absolute Gasteiger partial charge is 0.468 e. The van der Waals surface area contributed by atoms with Gasteiger partial charge in [0.05, 0.1) is 13.7 Å². The number of benzene rings is 1. The van der Waals surface area contributed by atoms with Crippen LogP contribution in [0.1, 0.15) is 19.4 Å². The van der Waals surface area contributed by atoms with E-state index in [-0.39, 0.29) is 32.3 Å². The number of alkyl carbamates (subject to hydrolysis) is 1. The fourth-order valence-electron chi connectivity index (χ4n) is 2.04. The normalized spacial score (nSPS) is 10.1. The molecule has 0 saturated heterocycles. The Kier molecular flexibility index (Phi) is 9.35. The average Bonchev–Trinajstić information content (AvgIpc) is 2.67. The number of ether oxygens (including phenoxy) is 2. The van der Waals surface area contributed by atoms with Gasteiger partial charge >= 0.3 is 12.1 Å². The van der Waals surface area contributed by atoms with Crippen molar-refractivity contribution >= 4 is 23.9 Å². The summed E-state index contributed by atoms with van der Waals surface area (Å²) in [7, 11) is 1.21. The highest BCUT2D eigenvalue weighted by molar-refractivity contribution is 5.88. The summed E-state index contributed by atoms with van der Waals surface area (Å²) in [5.74, 6) is -1.54. The van der Waals surface area contributed by atoms with E-state index in [1.54, 1.807) is 13.8 Å². The fourth-order valence-corrected chi connectivity index (χ4v) is 2.04. The predicted molar refractivity (Wildman–Crippen MR) is 96.5 cm³/mol. The Bertz CT molecular complexity index is 648. The number of hydrogen-bond acceptors (Lipinski definition) is 6. The van der Waals surface area contributed by atoms with Crippen molar-refractivity contribution in [1.29, 1.82) is 0 Å². The first-order chi connectivity index (χ1) is 12.8. The van der Waals surface area contributed by atoms with E-state index in [0.717, 1.165) is 5.56 Å². The molecule has 0 unspecified atom stereocenters. The zero-order valence-corrected chi connectivity index (χ0v) is 15.7. The zero-order valence-electron chi connectivity index (χ0n) is 15.7. The zero-order chi connectivity index (χ0) is 20.2. The molecule has 0 heterocycles. The molecule has 148 valence electrons. The highest BCUT2D eigenvalue weighted by Crippen LogP contribution is 2.01. The van der Waals surface area contributed by atoms with Crippen molar-refractivity contribution in [1.82, 2.24) is 15.5 Å². The number of methoxy groups -OCH3 is 1. The molecule has 0 aliphatic rings. The Morgan fingerprint density at radius 2 is 1.70 bits per heavy atom. The van der Waals surface area contributed by atoms with Gasteiger partial charge in [0.2, 0.25) is 11.8 Å². The van der Waals surface area contributed by atoms with Gasteiger partial charge < -0.3 is 25.0 Å². The maximum Gasteiger partial charge on any atom is 0.407 e. The van der Waals surface area contributed by atoms with E-state index >= 15 is 0 Å². The minimum absolute atomic E-state index is 0.0880. The Hall–Kier alpha value is -3.10. The molecule has 0 aliphatic carbocycles. The minimum Gasteiger partial charge on any atom is -0.468 e. The highest BCUT2D eigenvalue weighted by atomic mass is 16.5. The van der Waals surface area contributed by atoms with Crippen molar-refractivity contribution < 1.29 is 28.7 Å². The molecule has 0 aromatic heterocycles. The molecule has 0 saturated carbocycles. The van der Waals surface area contributed by atoms with Gasteiger partial charge in [0.1, 0.15) is 19.7 Å². The first-order valence-electron chi connectivity index (χ1n) is 8.41. The number of nitrogens with one attached hydrogen (secondary N) is 2. The van der Waals surface area contributed by atoms with Gasteiger partial charge in [-0.05, 0) is 19.4 Å². The van der Waals surface area contributed by atoms with Crippen molar-refractivity contribution in [3.63, 3.8) is 0 Å². The van der Waals surface area contributed by atoms with E-state index < -0.39 is 23.9 Å². The Balaban J connectivity index is 2.42. The summed E-state index contributed by atoms with van der Waals surface area (Å²) in [6.45, 7) is 2.73. The van der Waals surface area contributed by atoms with Crippen LogP contribution in [0.15, 0.2) is 30.3 Å². The molecule has 0 bridgehead atoms. The van der Waals surface area contributed by atoms with E-state index in [1.807, 2.05) is 30.3 Å². The van der Waals surface area contributed by atoms with E-state index in [0.29, 0.717) is 0 Å². The second-order valence-electron chi connectivity index (χ2n) is 5.88. The number of rotatable bonds is 9. The Morgan fingerprint density at radius 1 is 1.04 bits per heavy atom. The van der Waals surface area contributed by atoms with E-state index in [2.05, 4.69) is 15.4 Å². The molecule has 27 heavy (non-hydrogen) atoms. The molecule has 3 amide bonds. The standard InChI is InChI=1S/C18H25N3O6/c1-13(2)21(11-15(22)19-10-17(24)26-3)16(23)9-20-18(25)27-12-14-7-5-4-6-8-14/h4-8,13H,9-12H2,1-3H3,(H,19,22)(H,20,25). The first kappa shape index (κ1) is 21.9. The summed E-state index contributed by atoms with van der Waals surface area (Å²) in [5, 5.41) is 4.72. The monoisotopic (exact) mass is 379 g/mol. The SMILES string of the molecule is COC(=O)CNC(=O)CN(C(=O)CNC(=O)OCc1ccccc1)C(C)C. The fraction of sp³-hybridized carbons (Fsp3) is 0.444. The van der Waals surface area contributed by atoms with Gasteiger partial charge in [-0.1, -0.05) is 30.3 Å². The minimum atomic E-state index is -0.731. The van der Waals surface area contributed by atoms with Crippen LogP contribution in [-0.2, 0) is 30.5 Å². The van der Waals surface area contributed by atoms with Gasteiger partial charge in [-0.3, -0.25) is 14.4 Å². The third-order valence-electron chi connectivity index (χ3n) is 3.51. The summed E-state index contributed by atoms with van der Waals surface area (Å²) in [4.78, 5) is 48.2. The third kappa shape index (κ3) is 8.70. The van der Waals surface area contributed by atoms with Crippen LogP contribution in [0.5, 0.6) is 0 Å². The summed E-state index contributed by atoms with van der Waals surface area (Å²) in [5.41, 5.74) is 0.824. The van der Waals surface area contributed by atoms with Crippen LogP contribution in [0, 0.1) is 0 Å². The van der Waals surface area contributed by atoms with Gasteiger partial charge in [-0.15, -0.1) is 0 Å². The molecule has 1 aromatic carbocycles. The van der Waals surface area contributed by atoms with E-state index in [9.17, 15) is 19.2 Å². The van der Waals surface area contributed by atoms with Crippen LogP contribution in [-0.4, -0.2) is 61.6 Å². The van der Waals surface area contributed by atoms with Crippen molar-refractivity contribution in [2.45, 2.75) is 26.5 Å². The van der Waals surface area contributed by atoms with Gasteiger partial charge in [0.25, 0.3) is 0 Å². The van der Waals surface area contributed by atoms with Crippen molar-refractivity contribution in [2.24, 2.45) is 0 Å². The number of carbonyl (C=O) groups excluding carboxylic acids is 4. The number of nitrogens with zero attached hydrogens (tertiary/aromatic N) is 1. The lowest BCUT2D eigenvalue weighted by Crippen LogP contribution is -2.48. The number of carbonyl (C=O) groups is 4. The molecule has 2 N–H and O–H groups in total. The van der Waals surface area contributed by atoms with Gasteiger partial charge in [-0.2, -0.15) is 0 Å². The summed E-state index contributed by atoms with van der Waals surface area (Å²) >= 11 is 0. The lowest BCUT2D eigenvalue weighted by Gasteiger charge is -2.26. The maximum absolute atomic E-state index is 12.3. The Morgan fingerprint density at radius 3 is 2.30 bits per heavy atom. The van der Waals surface area contributed by atoms with Crippen molar-refractivity contribution in [3.05, 3.63) is 35.9 Å². The average molecular weight is 379 g/mol. The van der Waals surface area contributed by atoms with Crippen LogP contribution < -0.4 is 10.6 Å². The molecule has 0 fully saturated rings. The summed E-state index contributed by atoms with van der Waals surface area (Å²) < 4.78 is 9.45. The summed E-state index contributed by atoms with van der Waals surface area (Å²) in [6, 6.07) is 8.85. The molecule has 0 radical (unpaired) electrons. The summed E-state index contributed by atoms with van der Waals surface area (Å²) in [6.07, 6.45) is -0.731. The van der Waals surface area contributed by atoms with Gasteiger partial charge in [0, 0.05) is 6.04 Å². The Labute approximate surface area is 158 Å². The molecule has 9 heteroatoms. The molecule has 1 aromatic rings. The lowest BCUT2D eigenvalue weighted by atomic mass is 10.2. The maximum atomic E-state index is 12.3. The third-order valence-corrected chi connectivity index (χ3v) is 3.51. The molecule has 9 nitrogen and oxygen atoms in total. The molecule has 0 atom stereocenters. The van der Waals surface area contributed by atoms with Crippen molar-refractivity contribution in [2.75, 3.05) is 26.7 Å². The second-order valence-corrected chi connectivity index (χ2v) is 5.88. The van der Waals surface area contributed by atoms with Gasteiger partial charge in [0.15, 0.2) is 0 Å². The van der Waals surface area contributed by atoms with Crippen molar-refractivity contribution in [3.8, 4) is 0 Å². The van der Waals surface area contributed by atoms with E-state index in [4.69, 9.17) is 4.74 Å². The second kappa shape index (κ2) is 11.5. The van der Waals surface area contributed by atoms with Crippen LogP contribution in [0.4, 0.5) is 4.79 Å². The van der Waals surface area contributed by atoms with Crippen LogP contribution in [0.25, 0.3) is 0 Å². The lowest BCUT2D eigenvalue weighted by molar-refractivity contribution is -0.142. The number of esters is 1. The van der Waals surface area contributed by atoms with E-state index in [1.165, 1.54) is 12.0 Å².